The number of rotatable bonds is 6. The Balaban J connectivity index is 2.09. The van der Waals surface area contributed by atoms with E-state index in [-0.39, 0.29) is 30.4 Å². The van der Waals surface area contributed by atoms with Gasteiger partial charge in [-0.1, -0.05) is 45.0 Å². The molecule has 0 spiro atoms. The molecule has 0 unspecified atom stereocenters. The molecule has 6 nitrogen and oxygen atoms in total. The number of carbonyl (C=O) groups excluding carboxylic acids is 2. The van der Waals surface area contributed by atoms with Crippen molar-refractivity contribution in [2.75, 3.05) is 7.11 Å². The van der Waals surface area contributed by atoms with Crippen molar-refractivity contribution >= 4 is 22.5 Å². The maximum atomic E-state index is 13.1. The summed E-state index contributed by atoms with van der Waals surface area (Å²) in [6.45, 7) is 5.56. The summed E-state index contributed by atoms with van der Waals surface area (Å²) in [5, 5.41) is 14.3. The lowest BCUT2D eigenvalue weighted by atomic mass is 9.91. The van der Waals surface area contributed by atoms with Gasteiger partial charge < -0.3 is 9.84 Å². The van der Waals surface area contributed by atoms with E-state index >= 15 is 0 Å². The predicted molar refractivity (Wildman–Crippen MR) is 107 cm³/mol. The second-order valence-electron chi connectivity index (χ2n) is 7.75. The van der Waals surface area contributed by atoms with Gasteiger partial charge in [-0.3, -0.25) is 14.3 Å². The molecule has 1 heterocycles. The Morgan fingerprint density at radius 1 is 1.14 bits per heavy atom. The number of ether oxygens (including phenoxy) is 1. The lowest BCUT2D eigenvalue weighted by Crippen LogP contribution is -2.25. The van der Waals surface area contributed by atoms with Crippen molar-refractivity contribution in [3.8, 4) is 5.75 Å². The summed E-state index contributed by atoms with van der Waals surface area (Å²) >= 11 is 0. The molecule has 3 rings (SSSR count). The summed E-state index contributed by atoms with van der Waals surface area (Å²) < 4.78 is 6.87. The average molecular weight is 382 g/mol. The Bertz CT molecular complexity index is 1030. The highest BCUT2D eigenvalue weighted by Crippen LogP contribution is 2.27. The third kappa shape index (κ3) is 3.82. The SMILES string of the molecule is COc1ccc2c(C(=O)c3ccc([14CH2]O)cc3)nn(CC(=O)C(C)(C)C)c2c1. The van der Waals surface area contributed by atoms with Gasteiger partial charge in [-0.2, -0.15) is 5.10 Å². The number of hydrogen-bond donors (Lipinski definition) is 1. The van der Waals surface area contributed by atoms with Crippen molar-refractivity contribution in [3.05, 3.63) is 59.3 Å². The molecular weight excluding hydrogens is 358 g/mol. The molecule has 0 amide bonds. The summed E-state index contributed by atoms with van der Waals surface area (Å²) in [6.07, 6.45) is 0. The highest BCUT2D eigenvalue weighted by Gasteiger charge is 2.25. The number of nitrogens with zero attached hydrogens (tertiary/aromatic N) is 2. The first kappa shape index (κ1) is 19.8. The number of aliphatic hydroxyl groups excluding tert-OH is 1. The third-order valence-electron chi connectivity index (χ3n) is 4.70. The summed E-state index contributed by atoms with van der Waals surface area (Å²) in [5.41, 5.74) is 1.65. The van der Waals surface area contributed by atoms with E-state index in [0.29, 0.717) is 22.2 Å². The molecule has 0 aliphatic heterocycles. The number of methoxy groups -OCH3 is 1. The number of aromatic nitrogens is 2. The van der Waals surface area contributed by atoms with Crippen LogP contribution in [0.15, 0.2) is 42.5 Å². The Hall–Kier alpha value is -2.99. The fourth-order valence-electron chi connectivity index (χ4n) is 2.84. The number of ketones is 2. The van der Waals surface area contributed by atoms with Crippen LogP contribution in [0.4, 0.5) is 0 Å². The maximum absolute atomic E-state index is 13.1. The molecule has 1 aromatic heterocycles. The topological polar surface area (TPSA) is 81.4 Å². The number of benzene rings is 2. The Morgan fingerprint density at radius 3 is 2.39 bits per heavy atom. The number of aliphatic hydroxyl groups is 1. The smallest absolute Gasteiger partial charge is 0.213 e. The molecule has 0 bridgehead atoms. The van der Waals surface area contributed by atoms with Gasteiger partial charge in [0, 0.05) is 22.4 Å². The highest BCUT2D eigenvalue weighted by molar-refractivity contribution is 6.15. The van der Waals surface area contributed by atoms with Gasteiger partial charge in [-0.25, -0.2) is 0 Å². The van der Waals surface area contributed by atoms with Crippen molar-refractivity contribution in [3.63, 3.8) is 0 Å². The van der Waals surface area contributed by atoms with Crippen LogP contribution in [-0.2, 0) is 17.9 Å². The van der Waals surface area contributed by atoms with Crippen molar-refractivity contribution < 1.29 is 19.4 Å². The van der Waals surface area contributed by atoms with Crippen LogP contribution in [0.3, 0.4) is 0 Å². The molecular formula is C22H24N2O4. The first-order valence-corrected chi connectivity index (χ1v) is 9.07. The molecule has 0 aliphatic rings. The van der Waals surface area contributed by atoms with Crippen LogP contribution >= 0.6 is 0 Å². The van der Waals surface area contributed by atoms with E-state index in [4.69, 9.17) is 4.74 Å². The summed E-state index contributed by atoms with van der Waals surface area (Å²) in [7, 11) is 1.57. The third-order valence-corrected chi connectivity index (χ3v) is 4.70. The molecule has 0 fully saturated rings. The van der Waals surface area contributed by atoms with Crippen LogP contribution in [-0.4, -0.2) is 33.6 Å². The zero-order valence-electron chi connectivity index (χ0n) is 16.5. The van der Waals surface area contributed by atoms with Gasteiger partial charge in [-0.15, -0.1) is 0 Å². The number of hydrogen-bond acceptors (Lipinski definition) is 5. The van der Waals surface area contributed by atoms with Crippen molar-refractivity contribution in [2.24, 2.45) is 5.41 Å². The van der Waals surface area contributed by atoms with E-state index in [2.05, 4.69) is 5.10 Å². The van der Waals surface area contributed by atoms with Crippen LogP contribution in [0.1, 0.15) is 42.4 Å². The molecule has 6 heteroatoms. The number of Topliss-reactive ketones (excluding diaryl/α,β-unsaturated/α-hetero) is 1. The minimum atomic E-state index is -0.512. The largest absolute Gasteiger partial charge is 0.497 e. The van der Waals surface area contributed by atoms with E-state index in [9.17, 15) is 14.7 Å². The molecule has 0 aliphatic carbocycles. The molecule has 0 radical (unpaired) electrons. The van der Waals surface area contributed by atoms with E-state index in [1.54, 1.807) is 54.3 Å². The Morgan fingerprint density at radius 2 is 1.82 bits per heavy atom. The maximum Gasteiger partial charge on any atom is 0.213 e. The summed E-state index contributed by atoms with van der Waals surface area (Å²) in [6, 6.07) is 12.1. The highest BCUT2D eigenvalue weighted by atomic mass is 16.5. The van der Waals surface area contributed by atoms with Gasteiger partial charge in [0.2, 0.25) is 5.78 Å². The number of fused-ring (bicyclic) bond motifs is 1. The van der Waals surface area contributed by atoms with Gasteiger partial charge in [0.05, 0.1) is 19.2 Å². The molecule has 146 valence electrons. The van der Waals surface area contributed by atoms with E-state index < -0.39 is 5.41 Å². The minimum absolute atomic E-state index is 0.0195. The fraction of sp³-hybridized carbons (Fsp3) is 0.318. The quantitative estimate of drug-likeness (QED) is 0.661. The minimum Gasteiger partial charge on any atom is -0.497 e. The molecule has 0 saturated heterocycles. The van der Waals surface area contributed by atoms with Crippen molar-refractivity contribution in [1.29, 1.82) is 0 Å². The molecule has 0 atom stereocenters. The average Bonchev–Trinajstić information content (AvgIpc) is 3.04. The van der Waals surface area contributed by atoms with Crippen LogP contribution in [0.2, 0.25) is 0 Å². The van der Waals surface area contributed by atoms with E-state index in [1.807, 2.05) is 20.8 Å². The first-order valence-electron chi connectivity index (χ1n) is 9.07. The molecule has 1 N–H and O–H groups in total. The normalized spacial score (nSPS) is 11.6. The lowest BCUT2D eigenvalue weighted by Gasteiger charge is -2.16. The zero-order chi connectivity index (χ0) is 20.5. The zero-order valence-corrected chi connectivity index (χ0v) is 16.5. The second kappa shape index (κ2) is 7.56. The van der Waals surface area contributed by atoms with Crippen molar-refractivity contribution in [1.82, 2.24) is 9.78 Å². The second-order valence-corrected chi connectivity index (χ2v) is 7.75. The fourth-order valence-corrected chi connectivity index (χ4v) is 2.84. The first-order chi connectivity index (χ1) is 13.2. The van der Waals surface area contributed by atoms with Crippen molar-refractivity contribution in [2.45, 2.75) is 33.9 Å². The monoisotopic (exact) mass is 382 g/mol. The van der Waals surface area contributed by atoms with Gasteiger partial charge in [0.1, 0.15) is 18.0 Å². The van der Waals surface area contributed by atoms with Crippen LogP contribution in [0, 0.1) is 5.41 Å². The lowest BCUT2D eigenvalue weighted by molar-refractivity contribution is -0.127. The molecule has 28 heavy (non-hydrogen) atoms. The van der Waals surface area contributed by atoms with E-state index in [0.717, 1.165) is 5.56 Å². The van der Waals surface area contributed by atoms with Gasteiger partial charge in [0.25, 0.3) is 0 Å². The van der Waals surface area contributed by atoms with E-state index in [1.165, 1.54) is 0 Å². The van der Waals surface area contributed by atoms with Gasteiger partial charge >= 0.3 is 0 Å². The summed E-state index contributed by atoms with van der Waals surface area (Å²) in [4.78, 5) is 25.6. The Labute approximate surface area is 163 Å². The summed E-state index contributed by atoms with van der Waals surface area (Å²) in [5.74, 6) is 0.413. The van der Waals surface area contributed by atoms with Gasteiger partial charge in [-0.05, 0) is 17.7 Å². The van der Waals surface area contributed by atoms with Crippen LogP contribution < -0.4 is 4.74 Å². The van der Waals surface area contributed by atoms with Crippen LogP contribution in [0.25, 0.3) is 10.9 Å². The number of carbonyl (C=O) groups is 2. The van der Waals surface area contributed by atoms with Crippen LogP contribution in [0.5, 0.6) is 5.75 Å². The molecule has 3 aromatic rings. The molecule has 0 saturated carbocycles. The van der Waals surface area contributed by atoms with Gasteiger partial charge in [0.15, 0.2) is 5.78 Å². The molecule has 2 aromatic carbocycles. The predicted octanol–water partition coefficient (Wildman–Crippen LogP) is 3.38. The Kier molecular flexibility index (Phi) is 5.34. The standard InChI is InChI=1S/C22H24N2O4/c1-22(2,3)19(26)12-24-18-11-16(28-4)9-10-17(18)20(23-24)21(27)15-7-5-14(13-25)6-8-15/h5-11,25H,12-13H2,1-4H3/i13+2.